The lowest BCUT2D eigenvalue weighted by atomic mass is 9.97. The van der Waals surface area contributed by atoms with E-state index in [1.807, 2.05) is 49.5 Å². The van der Waals surface area contributed by atoms with Gasteiger partial charge in [-0.2, -0.15) is 0 Å². The fourth-order valence-electron chi connectivity index (χ4n) is 2.73. The standard InChI is InChI=1S/C19H18ClNO2.BrH/c1-12-16(8-13-4-6-15(20)7-5-13)17-10-19(23-3)18(22-2)9-14(17)11-21-12;/h4-7,9-11H,8H2,1-3H3;1H. The van der Waals surface area contributed by atoms with E-state index in [4.69, 9.17) is 21.1 Å². The zero-order valence-corrected chi connectivity index (χ0v) is 16.3. The number of hydrogen-bond donors (Lipinski definition) is 0. The van der Waals surface area contributed by atoms with Gasteiger partial charge in [0.15, 0.2) is 11.5 Å². The number of nitrogens with zero attached hydrogens (tertiary/aromatic N) is 1. The lowest BCUT2D eigenvalue weighted by Gasteiger charge is -2.14. The quantitative estimate of drug-likeness (QED) is 0.580. The predicted octanol–water partition coefficient (Wildman–Crippen LogP) is 5.38. The Kier molecular flexibility index (Phi) is 6.08. The van der Waals surface area contributed by atoms with Crippen LogP contribution in [0, 0.1) is 6.92 Å². The summed E-state index contributed by atoms with van der Waals surface area (Å²) >= 11 is 5.97. The van der Waals surface area contributed by atoms with Gasteiger partial charge in [-0.3, -0.25) is 4.98 Å². The molecular formula is C19H19BrClNO2. The number of rotatable bonds is 4. The van der Waals surface area contributed by atoms with Gasteiger partial charge in [-0.1, -0.05) is 23.7 Å². The molecule has 3 rings (SSSR count). The molecule has 2 aromatic carbocycles. The van der Waals surface area contributed by atoms with Crippen molar-refractivity contribution >= 4 is 39.4 Å². The van der Waals surface area contributed by atoms with Crippen LogP contribution in [0.1, 0.15) is 16.8 Å². The van der Waals surface area contributed by atoms with Crippen LogP contribution in [0.2, 0.25) is 5.02 Å². The highest BCUT2D eigenvalue weighted by Crippen LogP contribution is 2.34. The number of benzene rings is 2. The monoisotopic (exact) mass is 407 g/mol. The lowest BCUT2D eigenvalue weighted by molar-refractivity contribution is 0.356. The van der Waals surface area contributed by atoms with E-state index >= 15 is 0 Å². The maximum absolute atomic E-state index is 5.97. The van der Waals surface area contributed by atoms with Gasteiger partial charge in [-0.25, -0.2) is 0 Å². The summed E-state index contributed by atoms with van der Waals surface area (Å²) in [6.45, 7) is 2.03. The minimum atomic E-state index is 0. The van der Waals surface area contributed by atoms with E-state index in [-0.39, 0.29) is 17.0 Å². The largest absolute Gasteiger partial charge is 0.493 e. The summed E-state index contributed by atoms with van der Waals surface area (Å²) in [6, 6.07) is 11.9. The summed E-state index contributed by atoms with van der Waals surface area (Å²) in [6.07, 6.45) is 2.67. The number of hydrogen-bond acceptors (Lipinski definition) is 3. The van der Waals surface area contributed by atoms with Crippen molar-refractivity contribution in [3.05, 3.63) is 64.4 Å². The van der Waals surface area contributed by atoms with Gasteiger partial charge in [0.1, 0.15) is 0 Å². The van der Waals surface area contributed by atoms with E-state index in [0.717, 1.165) is 33.7 Å². The summed E-state index contributed by atoms with van der Waals surface area (Å²) in [5.74, 6) is 1.44. The maximum atomic E-state index is 5.97. The van der Waals surface area contributed by atoms with Crippen LogP contribution in [0.4, 0.5) is 0 Å². The summed E-state index contributed by atoms with van der Waals surface area (Å²) in [7, 11) is 3.29. The maximum Gasteiger partial charge on any atom is 0.161 e. The average Bonchev–Trinajstić information content (AvgIpc) is 2.58. The second kappa shape index (κ2) is 7.86. The van der Waals surface area contributed by atoms with Crippen LogP contribution < -0.4 is 9.47 Å². The van der Waals surface area contributed by atoms with E-state index in [2.05, 4.69) is 4.98 Å². The topological polar surface area (TPSA) is 31.4 Å². The lowest BCUT2D eigenvalue weighted by Crippen LogP contribution is -1.98. The number of ether oxygens (including phenoxy) is 2. The molecule has 3 aromatic rings. The molecule has 1 aromatic heterocycles. The highest BCUT2D eigenvalue weighted by Gasteiger charge is 2.12. The summed E-state index contributed by atoms with van der Waals surface area (Å²) < 4.78 is 10.8. The molecule has 0 saturated carbocycles. The molecule has 0 aliphatic rings. The summed E-state index contributed by atoms with van der Waals surface area (Å²) in [5, 5.41) is 2.91. The third kappa shape index (κ3) is 3.65. The molecule has 1 heterocycles. The predicted molar refractivity (Wildman–Crippen MR) is 104 cm³/mol. The van der Waals surface area contributed by atoms with E-state index in [9.17, 15) is 0 Å². The smallest absolute Gasteiger partial charge is 0.161 e. The van der Waals surface area contributed by atoms with Crippen molar-refractivity contribution in [2.75, 3.05) is 14.2 Å². The van der Waals surface area contributed by atoms with Crippen LogP contribution in [0.15, 0.2) is 42.6 Å². The molecule has 126 valence electrons. The Morgan fingerprint density at radius 2 is 1.62 bits per heavy atom. The molecule has 0 aliphatic heterocycles. The molecule has 0 bridgehead atoms. The van der Waals surface area contributed by atoms with Crippen molar-refractivity contribution < 1.29 is 9.47 Å². The highest BCUT2D eigenvalue weighted by molar-refractivity contribution is 8.93. The first-order valence-corrected chi connectivity index (χ1v) is 7.75. The molecular weight excluding hydrogens is 390 g/mol. The zero-order chi connectivity index (χ0) is 16.4. The number of pyridine rings is 1. The van der Waals surface area contributed by atoms with Gasteiger partial charge in [0.2, 0.25) is 0 Å². The van der Waals surface area contributed by atoms with Gasteiger partial charge in [0.05, 0.1) is 14.2 Å². The van der Waals surface area contributed by atoms with E-state index < -0.39 is 0 Å². The van der Waals surface area contributed by atoms with Gasteiger partial charge in [0, 0.05) is 22.3 Å². The van der Waals surface area contributed by atoms with Crippen molar-refractivity contribution in [3.8, 4) is 11.5 Å². The van der Waals surface area contributed by atoms with Crippen molar-refractivity contribution in [2.45, 2.75) is 13.3 Å². The summed E-state index contributed by atoms with van der Waals surface area (Å²) in [5.41, 5.74) is 3.40. The third-order valence-electron chi connectivity index (χ3n) is 4.01. The van der Waals surface area contributed by atoms with Crippen LogP contribution >= 0.6 is 28.6 Å². The Hall–Kier alpha value is -1.78. The van der Waals surface area contributed by atoms with Gasteiger partial charge >= 0.3 is 0 Å². The van der Waals surface area contributed by atoms with Crippen LogP contribution in [0.25, 0.3) is 10.8 Å². The Morgan fingerprint density at radius 1 is 1.00 bits per heavy atom. The number of aryl methyl sites for hydroxylation is 1. The first kappa shape index (κ1) is 18.6. The van der Waals surface area contributed by atoms with Gasteiger partial charge < -0.3 is 9.47 Å². The Morgan fingerprint density at radius 3 is 2.25 bits per heavy atom. The first-order valence-electron chi connectivity index (χ1n) is 7.37. The van der Waals surface area contributed by atoms with Crippen LogP contribution in [0.3, 0.4) is 0 Å². The molecule has 5 heteroatoms. The summed E-state index contributed by atoms with van der Waals surface area (Å²) in [4.78, 5) is 4.53. The second-order valence-corrected chi connectivity index (χ2v) is 5.86. The average molecular weight is 409 g/mol. The second-order valence-electron chi connectivity index (χ2n) is 5.42. The third-order valence-corrected chi connectivity index (χ3v) is 4.26. The zero-order valence-electron chi connectivity index (χ0n) is 13.8. The fourth-order valence-corrected chi connectivity index (χ4v) is 2.86. The number of halogens is 2. The van der Waals surface area contributed by atoms with Gasteiger partial charge in [-0.15, -0.1) is 17.0 Å². The molecule has 0 saturated heterocycles. The molecule has 3 nitrogen and oxygen atoms in total. The molecule has 0 aliphatic carbocycles. The molecule has 0 spiro atoms. The Labute approximate surface area is 157 Å². The Bertz CT molecular complexity index is 850. The number of aromatic nitrogens is 1. The van der Waals surface area contributed by atoms with Crippen molar-refractivity contribution in [1.29, 1.82) is 0 Å². The SMILES string of the molecule is Br.COc1cc2cnc(C)c(Cc3ccc(Cl)cc3)c2cc1OC. The van der Waals surface area contributed by atoms with Crippen LogP contribution in [-0.4, -0.2) is 19.2 Å². The number of fused-ring (bicyclic) bond motifs is 1. The van der Waals surface area contributed by atoms with E-state index in [1.165, 1.54) is 11.1 Å². The van der Waals surface area contributed by atoms with Crippen LogP contribution in [0.5, 0.6) is 11.5 Å². The highest BCUT2D eigenvalue weighted by atomic mass is 79.9. The van der Waals surface area contributed by atoms with Crippen molar-refractivity contribution in [2.24, 2.45) is 0 Å². The molecule has 0 N–H and O–H groups in total. The Balaban J connectivity index is 0.00000208. The first-order chi connectivity index (χ1) is 11.1. The van der Waals surface area contributed by atoms with Gasteiger partial charge in [-0.05, 0) is 54.1 Å². The normalized spacial score (nSPS) is 10.3. The van der Waals surface area contributed by atoms with Gasteiger partial charge in [0.25, 0.3) is 0 Å². The minimum Gasteiger partial charge on any atom is -0.493 e. The molecule has 0 fully saturated rings. The van der Waals surface area contributed by atoms with E-state index in [0.29, 0.717) is 5.75 Å². The molecule has 0 unspecified atom stereocenters. The minimum absolute atomic E-state index is 0. The van der Waals surface area contributed by atoms with E-state index in [1.54, 1.807) is 14.2 Å². The van der Waals surface area contributed by atoms with Crippen LogP contribution in [-0.2, 0) is 6.42 Å². The molecule has 0 amide bonds. The fraction of sp³-hybridized carbons (Fsp3) is 0.211. The molecule has 24 heavy (non-hydrogen) atoms. The van der Waals surface area contributed by atoms with Crippen molar-refractivity contribution in [1.82, 2.24) is 4.98 Å². The molecule has 0 atom stereocenters. The number of methoxy groups -OCH3 is 2. The van der Waals surface area contributed by atoms with Crippen molar-refractivity contribution in [3.63, 3.8) is 0 Å². The molecule has 0 radical (unpaired) electrons.